The Bertz CT molecular complexity index is 585. The summed E-state index contributed by atoms with van der Waals surface area (Å²) in [7, 11) is 0. The zero-order chi connectivity index (χ0) is 12.4. The van der Waals surface area contributed by atoms with Gasteiger partial charge in [0.05, 0.1) is 0 Å². The van der Waals surface area contributed by atoms with E-state index < -0.39 is 0 Å². The van der Waals surface area contributed by atoms with Crippen LogP contribution in [0, 0.1) is 0 Å². The van der Waals surface area contributed by atoms with Crippen LogP contribution in [0.5, 0.6) is 0 Å². The Morgan fingerprint density at radius 1 is 0.833 bits per heavy atom. The van der Waals surface area contributed by atoms with E-state index >= 15 is 0 Å². The smallest absolute Gasteiger partial charge is 0.332 e. The molecule has 0 radical (unpaired) electrons. The summed E-state index contributed by atoms with van der Waals surface area (Å²) in [6.45, 7) is 0. The van der Waals surface area contributed by atoms with Gasteiger partial charge in [-0.05, 0) is 11.1 Å². The lowest BCUT2D eigenvalue weighted by atomic mass is 9.96. The summed E-state index contributed by atoms with van der Waals surface area (Å²) in [4.78, 5) is 11.5. The number of cyclic esters (lactones) is 1. The molecule has 1 heterocycles. The fraction of sp³-hybridized carbons (Fsp3) is 0.0625. The summed E-state index contributed by atoms with van der Waals surface area (Å²) in [6, 6.07) is 19.6. The zero-order valence-corrected chi connectivity index (χ0v) is 9.74. The molecule has 18 heavy (non-hydrogen) atoms. The van der Waals surface area contributed by atoms with Crippen molar-refractivity contribution >= 4 is 11.5 Å². The van der Waals surface area contributed by atoms with Crippen LogP contribution in [0.3, 0.4) is 0 Å². The monoisotopic (exact) mass is 236 g/mol. The molecule has 2 aromatic carbocycles. The summed E-state index contributed by atoms with van der Waals surface area (Å²) >= 11 is 0. The van der Waals surface area contributed by atoms with Crippen LogP contribution in [0.2, 0.25) is 0 Å². The van der Waals surface area contributed by atoms with E-state index in [-0.39, 0.29) is 12.1 Å². The average molecular weight is 236 g/mol. The molecule has 0 spiro atoms. The zero-order valence-electron chi connectivity index (χ0n) is 9.74. The second kappa shape index (κ2) is 4.49. The van der Waals surface area contributed by atoms with Gasteiger partial charge in [-0.3, -0.25) is 0 Å². The Morgan fingerprint density at radius 2 is 1.44 bits per heavy atom. The Hall–Kier alpha value is -2.35. The van der Waals surface area contributed by atoms with Gasteiger partial charge < -0.3 is 4.74 Å². The van der Waals surface area contributed by atoms with Crippen LogP contribution in [-0.4, -0.2) is 5.97 Å². The molecule has 88 valence electrons. The third-order valence-corrected chi connectivity index (χ3v) is 3.00. The van der Waals surface area contributed by atoms with Gasteiger partial charge in [0.25, 0.3) is 0 Å². The van der Waals surface area contributed by atoms with Crippen molar-refractivity contribution < 1.29 is 9.53 Å². The highest BCUT2D eigenvalue weighted by atomic mass is 16.5. The molecule has 0 N–H and O–H groups in total. The minimum atomic E-state index is -0.291. The standard InChI is InChI=1S/C16H12O2/c17-15-11-14(12-7-3-1-4-8-12)16(18-15)13-9-5-2-6-10-13/h1-11,16H. The number of rotatable bonds is 2. The van der Waals surface area contributed by atoms with Crippen LogP contribution >= 0.6 is 0 Å². The number of carbonyl (C=O) groups excluding carboxylic acids is 1. The summed E-state index contributed by atoms with van der Waals surface area (Å²) < 4.78 is 5.38. The largest absolute Gasteiger partial charge is 0.449 e. The van der Waals surface area contributed by atoms with E-state index in [1.807, 2.05) is 60.7 Å². The maximum atomic E-state index is 11.5. The number of esters is 1. The summed E-state index contributed by atoms with van der Waals surface area (Å²) in [5, 5.41) is 0. The second-order valence-electron chi connectivity index (χ2n) is 4.19. The van der Waals surface area contributed by atoms with Gasteiger partial charge in [-0.2, -0.15) is 0 Å². The molecule has 0 saturated carbocycles. The van der Waals surface area contributed by atoms with Gasteiger partial charge in [-0.1, -0.05) is 60.7 Å². The van der Waals surface area contributed by atoms with Crippen molar-refractivity contribution in [1.29, 1.82) is 0 Å². The summed E-state index contributed by atoms with van der Waals surface area (Å²) in [5.41, 5.74) is 2.95. The number of benzene rings is 2. The van der Waals surface area contributed by atoms with E-state index in [0.717, 1.165) is 16.7 Å². The summed E-state index contributed by atoms with van der Waals surface area (Å²) in [5.74, 6) is -0.275. The van der Waals surface area contributed by atoms with Crippen molar-refractivity contribution in [2.24, 2.45) is 0 Å². The van der Waals surface area contributed by atoms with Crippen molar-refractivity contribution in [2.45, 2.75) is 6.10 Å². The minimum Gasteiger partial charge on any atom is -0.449 e. The lowest BCUT2D eigenvalue weighted by molar-refractivity contribution is -0.138. The molecule has 0 aliphatic carbocycles. The number of hydrogen-bond acceptors (Lipinski definition) is 2. The van der Waals surface area contributed by atoms with Gasteiger partial charge in [-0.15, -0.1) is 0 Å². The average Bonchev–Trinajstić information content (AvgIpc) is 2.83. The quantitative estimate of drug-likeness (QED) is 0.747. The van der Waals surface area contributed by atoms with E-state index in [4.69, 9.17) is 4.74 Å². The Balaban J connectivity index is 2.02. The number of hydrogen-bond donors (Lipinski definition) is 0. The van der Waals surface area contributed by atoms with Crippen LogP contribution in [0.4, 0.5) is 0 Å². The van der Waals surface area contributed by atoms with Gasteiger partial charge in [-0.25, -0.2) is 4.79 Å². The molecule has 2 aromatic rings. The van der Waals surface area contributed by atoms with Crippen molar-refractivity contribution in [3.05, 3.63) is 77.9 Å². The van der Waals surface area contributed by atoms with E-state index in [0.29, 0.717) is 0 Å². The molecule has 2 nitrogen and oxygen atoms in total. The van der Waals surface area contributed by atoms with Crippen molar-refractivity contribution in [1.82, 2.24) is 0 Å². The van der Waals surface area contributed by atoms with Crippen LogP contribution in [0.1, 0.15) is 17.2 Å². The third-order valence-electron chi connectivity index (χ3n) is 3.00. The van der Waals surface area contributed by atoms with E-state index in [1.165, 1.54) is 0 Å². The molecule has 0 amide bonds. The fourth-order valence-electron chi connectivity index (χ4n) is 2.16. The van der Waals surface area contributed by atoms with Gasteiger partial charge in [0.1, 0.15) is 0 Å². The molecule has 0 saturated heterocycles. The molecule has 1 unspecified atom stereocenters. The Kier molecular flexibility index (Phi) is 2.69. The van der Waals surface area contributed by atoms with Gasteiger partial charge in [0.2, 0.25) is 0 Å². The molecule has 1 atom stereocenters. The predicted molar refractivity (Wildman–Crippen MR) is 69.7 cm³/mol. The topological polar surface area (TPSA) is 26.3 Å². The first-order valence-corrected chi connectivity index (χ1v) is 5.87. The molecule has 3 rings (SSSR count). The molecular weight excluding hydrogens is 224 g/mol. The highest BCUT2D eigenvalue weighted by Gasteiger charge is 2.28. The molecule has 2 heteroatoms. The van der Waals surface area contributed by atoms with Gasteiger partial charge in [0.15, 0.2) is 6.10 Å². The Morgan fingerprint density at radius 3 is 2.11 bits per heavy atom. The first-order valence-electron chi connectivity index (χ1n) is 5.87. The van der Waals surface area contributed by atoms with Crippen molar-refractivity contribution in [2.75, 3.05) is 0 Å². The van der Waals surface area contributed by atoms with Crippen LogP contribution < -0.4 is 0 Å². The van der Waals surface area contributed by atoms with Crippen LogP contribution in [0.15, 0.2) is 66.7 Å². The molecular formula is C16H12O2. The van der Waals surface area contributed by atoms with Gasteiger partial charge >= 0.3 is 5.97 Å². The van der Waals surface area contributed by atoms with Crippen LogP contribution in [-0.2, 0) is 9.53 Å². The van der Waals surface area contributed by atoms with Crippen molar-refractivity contribution in [3.8, 4) is 0 Å². The third kappa shape index (κ3) is 1.93. The first-order chi connectivity index (χ1) is 8.84. The van der Waals surface area contributed by atoms with E-state index in [1.54, 1.807) is 6.08 Å². The van der Waals surface area contributed by atoms with Crippen LogP contribution in [0.25, 0.3) is 5.57 Å². The fourth-order valence-corrected chi connectivity index (χ4v) is 2.16. The van der Waals surface area contributed by atoms with Gasteiger partial charge in [0, 0.05) is 11.6 Å². The van der Waals surface area contributed by atoms with E-state index in [2.05, 4.69) is 0 Å². The number of carbonyl (C=O) groups is 1. The lowest BCUT2D eigenvalue weighted by Gasteiger charge is -2.14. The maximum Gasteiger partial charge on any atom is 0.332 e. The lowest BCUT2D eigenvalue weighted by Crippen LogP contribution is -2.02. The maximum absolute atomic E-state index is 11.5. The number of ether oxygens (including phenoxy) is 1. The molecule has 0 aromatic heterocycles. The highest BCUT2D eigenvalue weighted by Crippen LogP contribution is 2.37. The summed E-state index contributed by atoms with van der Waals surface area (Å²) in [6.07, 6.45) is 1.29. The van der Waals surface area contributed by atoms with E-state index in [9.17, 15) is 4.79 Å². The SMILES string of the molecule is O=C1C=C(c2ccccc2)C(c2ccccc2)O1. The highest BCUT2D eigenvalue weighted by molar-refractivity contribution is 5.97. The first kappa shape index (κ1) is 10.8. The predicted octanol–water partition coefficient (Wildman–Crippen LogP) is 3.37. The molecule has 1 aliphatic rings. The molecule has 1 aliphatic heterocycles. The molecule has 0 bridgehead atoms. The minimum absolute atomic E-state index is 0.275. The Labute approximate surface area is 106 Å². The van der Waals surface area contributed by atoms with Crippen molar-refractivity contribution in [3.63, 3.8) is 0 Å². The second-order valence-corrected chi connectivity index (χ2v) is 4.19. The molecule has 0 fully saturated rings. The normalized spacial score (nSPS) is 18.3.